The first-order valence-electron chi connectivity index (χ1n) is 8.64. The minimum Gasteiger partial charge on any atom is -0.454 e. The van der Waals surface area contributed by atoms with Crippen LogP contribution in [0.2, 0.25) is 5.02 Å². The predicted molar refractivity (Wildman–Crippen MR) is 96.1 cm³/mol. The first-order chi connectivity index (χ1) is 13.0. The molecule has 2 aliphatic heterocycles. The van der Waals surface area contributed by atoms with Gasteiger partial charge in [-0.05, 0) is 31.9 Å². The van der Waals surface area contributed by atoms with Gasteiger partial charge >= 0.3 is 0 Å². The number of anilines is 1. The zero-order valence-electron chi connectivity index (χ0n) is 14.7. The van der Waals surface area contributed by atoms with Crippen LogP contribution >= 0.6 is 11.6 Å². The average Bonchev–Trinajstić information content (AvgIpc) is 3.30. The number of rotatable bonds is 3. The monoisotopic (exact) mass is 391 g/mol. The van der Waals surface area contributed by atoms with Gasteiger partial charge in [-0.15, -0.1) is 0 Å². The average molecular weight is 392 g/mol. The normalized spacial score (nSPS) is 16.4. The zero-order valence-corrected chi connectivity index (χ0v) is 15.4. The largest absolute Gasteiger partial charge is 0.454 e. The number of nitrogens with one attached hydrogen (secondary N) is 1. The summed E-state index contributed by atoms with van der Waals surface area (Å²) in [5.74, 6) is 1.56. The van der Waals surface area contributed by atoms with Crippen LogP contribution in [0.3, 0.4) is 0 Å². The van der Waals surface area contributed by atoms with Crippen LogP contribution in [0.15, 0.2) is 22.7 Å². The number of amides is 2. The van der Waals surface area contributed by atoms with Crippen molar-refractivity contribution in [2.45, 2.75) is 19.8 Å². The van der Waals surface area contributed by atoms with Crippen molar-refractivity contribution >= 4 is 29.2 Å². The molecule has 3 heterocycles. The molecule has 2 aromatic rings. The Morgan fingerprint density at radius 3 is 2.70 bits per heavy atom. The third-order valence-electron chi connectivity index (χ3n) is 4.71. The van der Waals surface area contributed by atoms with Crippen molar-refractivity contribution in [3.63, 3.8) is 0 Å². The molecule has 0 bridgehead atoms. The highest BCUT2D eigenvalue weighted by Gasteiger charge is 2.29. The Balaban J connectivity index is 1.37. The molecule has 0 aliphatic carbocycles. The zero-order chi connectivity index (χ0) is 19.0. The summed E-state index contributed by atoms with van der Waals surface area (Å²) in [6, 6.07) is 4.89. The van der Waals surface area contributed by atoms with Crippen molar-refractivity contribution in [1.82, 2.24) is 10.1 Å². The minimum absolute atomic E-state index is 0.0955. The molecule has 4 rings (SSSR count). The number of fused-ring (bicyclic) bond motifs is 1. The first-order valence-corrected chi connectivity index (χ1v) is 9.01. The summed E-state index contributed by atoms with van der Waals surface area (Å²) >= 11 is 6.16. The Bertz CT molecular complexity index is 889. The summed E-state index contributed by atoms with van der Waals surface area (Å²) in [5.41, 5.74) is 0.449. The maximum absolute atomic E-state index is 12.8. The highest BCUT2D eigenvalue weighted by molar-refractivity contribution is 6.32. The summed E-state index contributed by atoms with van der Waals surface area (Å²) in [6.07, 6.45) is 1.15. The predicted octanol–water partition coefficient (Wildman–Crippen LogP) is 2.86. The van der Waals surface area contributed by atoms with Gasteiger partial charge in [0, 0.05) is 30.6 Å². The number of hydrogen-bond donors (Lipinski definition) is 1. The van der Waals surface area contributed by atoms with E-state index in [2.05, 4.69) is 10.5 Å². The number of piperidine rings is 1. The van der Waals surface area contributed by atoms with E-state index in [-0.39, 0.29) is 24.5 Å². The number of likely N-dealkylation sites (tertiary alicyclic amines) is 1. The fraction of sp³-hybridized carbons (Fsp3) is 0.389. The second-order valence-electron chi connectivity index (χ2n) is 6.57. The van der Waals surface area contributed by atoms with Crippen LogP contribution in [-0.2, 0) is 4.79 Å². The van der Waals surface area contributed by atoms with E-state index in [4.69, 9.17) is 25.6 Å². The molecule has 1 fully saturated rings. The number of halogens is 1. The molecule has 2 aliphatic rings. The second kappa shape index (κ2) is 7.11. The first kappa shape index (κ1) is 17.7. The van der Waals surface area contributed by atoms with Gasteiger partial charge in [-0.2, -0.15) is 0 Å². The fourth-order valence-corrected chi connectivity index (χ4v) is 3.54. The molecular weight excluding hydrogens is 374 g/mol. The van der Waals surface area contributed by atoms with Gasteiger partial charge in [-0.25, -0.2) is 0 Å². The van der Waals surface area contributed by atoms with E-state index in [0.29, 0.717) is 59.6 Å². The fourth-order valence-electron chi connectivity index (χ4n) is 3.27. The van der Waals surface area contributed by atoms with Gasteiger partial charge in [0.2, 0.25) is 12.7 Å². The van der Waals surface area contributed by atoms with E-state index in [0.717, 1.165) is 0 Å². The van der Waals surface area contributed by atoms with Crippen molar-refractivity contribution in [1.29, 1.82) is 0 Å². The highest BCUT2D eigenvalue weighted by atomic mass is 35.5. The van der Waals surface area contributed by atoms with Gasteiger partial charge in [0.25, 0.3) is 5.91 Å². The molecule has 9 heteroatoms. The van der Waals surface area contributed by atoms with Crippen LogP contribution < -0.4 is 14.8 Å². The SMILES string of the molecule is Cc1cc(NC(=O)C2CCN(C(=O)c3cc(Cl)c4c(c3)OCO4)CC2)no1. The summed E-state index contributed by atoms with van der Waals surface area (Å²) in [7, 11) is 0. The quantitative estimate of drug-likeness (QED) is 0.864. The van der Waals surface area contributed by atoms with Gasteiger partial charge < -0.3 is 24.2 Å². The van der Waals surface area contributed by atoms with E-state index in [1.165, 1.54) is 0 Å². The number of nitrogens with zero attached hydrogens (tertiary/aromatic N) is 2. The molecule has 1 N–H and O–H groups in total. The molecule has 0 saturated carbocycles. The number of carbonyl (C=O) groups is 2. The van der Waals surface area contributed by atoms with Crippen LogP contribution in [0.5, 0.6) is 11.5 Å². The number of carbonyl (C=O) groups excluding carboxylic acids is 2. The molecule has 2 amide bonds. The number of hydrogen-bond acceptors (Lipinski definition) is 6. The molecule has 0 unspecified atom stereocenters. The molecule has 0 atom stereocenters. The van der Waals surface area contributed by atoms with Gasteiger partial charge in [0.05, 0.1) is 5.02 Å². The Labute approximate surface area is 160 Å². The van der Waals surface area contributed by atoms with Crippen molar-refractivity contribution in [2.75, 3.05) is 25.2 Å². The van der Waals surface area contributed by atoms with E-state index in [1.54, 1.807) is 30.0 Å². The third-order valence-corrected chi connectivity index (χ3v) is 4.99. The van der Waals surface area contributed by atoms with E-state index < -0.39 is 0 Å². The molecule has 27 heavy (non-hydrogen) atoms. The summed E-state index contributed by atoms with van der Waals surface area (Å²) < 4.78 is 15.5. The summed E-state index contributed by atoms with van der Waals surface area (Å²) in [4.78, 5) is 26.8. The molecular formula is C18H18ClN3O5. The van der Waals surface area contributed by atoms with Crippen LogP contribution in [0.1, 0.15) is 29.0 Å². The van der Waals surface area contributed by atoms with Crippen LogP contribution in [-0.4, -0.2) is 41.8 Å². The molecule has 8 nitrogen and oxygen atoms in total. The molecule has 1 aromatic carbocycles. The van der Waals surface area contributed by atoms with Crippen molar-refractivity contribution in [3.05, 3.63) is 34.5 Å². The maximum atomic E-state index is 12.8. The topological polar surface area (TPSA) is 93.9 Å². The van der Waals surface area contributed by atoms with Gasteiger partial charge in [0.1, 0.15) is 5.76 Å². The highest BCUT2D eigenvalue weighted by Crippen LogP contribution is 2.40. The number of aromatic nitrogens is 1. The standard InChI is InChI=1S/C18H18ClN3O5/c1-10-6-15(21-27-10)20-17(23)11-2-4-22(5-3-11)18(24)12-7-13(19)16-14(8-12)25-9-26-16/h6-8,11H,2-5,9H2,1H3,(H,20,21,23). The number of benzene rings is 1. The second-order valence-corrected chi connectivity index (χ2v) is 6.98. The van der Waals surface area contributed by atoms with Gasteiger partial charge in [-0.1, -0.05) is 16.8 Å². The summed E-state index contributed by atoms with van der Waals surface area (Å²) in [5, 5.41) is 6.87. The van der Waals surface area contributed by atoms with Crippen LogP contribution in [0.25, 0.3) is 0 Å². The molecule has 0 radical (unpaired) electrons. The lowest BCUT2D eigenvalue weighted by atomic mass is 9.95. The lowest BCUT2D eigenvalue weighted by Crippen LogP contribution is -2.41. The van der Waals surface area contributed by atoms with E-state index in [1.807, 2.05) is 0 Å². The van der Waals surface area contributed by atoms with Gasteiger partial charge in [0.15, 0.2) is 17.3 Å². The Kier molecular flexibility index (Phi) is 4.65. The minimum atomic E-state index is -0.175. The Morgan fingerprint density at radius 1 is 1.22 bits per heavy atom. The Morgan fingerprint density at radius 2 is 2.00 bits per heavy atom. The lowest BCUT2D eigenvalue weighted by molar-refractivity contribution is -0.121. The number of aryl methyl sites for hydroxylation is 1. The molecule has 0 spiro atoms. The van der Waals surface area contributed by atoms with Crippen LogP contribution in [0, 0.1) is 12.8 Å². The number of ether oxygens (including phenoxy) is 2. The van der Waals surface area contributed by atoms with E-state index in [9.17, 15) is 9.59 Å². The molecule has 1 aromatic heterocycles. The van der Waals surface area contributed by atoms with E-state index >= 15 is 0 Å². The van der Waals surface area contributed by atoms with Crippen molar-refractivity contribution in [3.8, 4) is 11.5 Å². The Hall–Kier alpha value is -2.74. The van der Waals surface area contributed by atoms with Crippen molar-refractivity contribution in [2.24, 2.45) is 5.92 Å². The smallest absolute Gasteiger partial charge is 0.254 e. The molecule has 1 saturated heterocycles. The lowest BCUT2D eigenvalue weighted by Gasteiger charge is -2.31. The summed E-state index contributed by atoms with van der Waals surface area (Å²) in [6.45, 7) is 2.83. The van der Waals surface area contributed by atoms with Gasteiger partial charge in [-0.3, -0.25) is 9.59 Å². The van der Waals surface area contributed by atoms with Crippen molar-refractivity contribution < 1.29 is 23.6 Å². The molecule has 142 valence electrons. The van der Waals surface area contributed by atoms with Crippen LogP contribution in [0.4, 0.5) is 5.82 Å². The third kappa shape index (κ3) is 3.57. The maximum Gasteiger partial charge on any atom is 0.254 e.